The molecule has 1 aliphatic rings. The highest BCUT2D eigenvalue weighted by atomic mass is 16.2. The van der Waals surface area contributed by atoms with Gasteiger partial charge in [0.15, 0.2) is 5.82 Å². The lowest BCUT2D eigenvalue weighted by Gasteiger charge is -2.26. The minimum absolute atomic E-state index is 0.0663. The Kier molecular flexibility index (Phi) is 6.63. The first-order valence-electron chi connectivity index (χ1n) is 11.2. The zero-order valence-corrected chi connectivity index (χ0v) is 18.6. The number of nitrogens with zero attached hydrogens (tertiary/aromatic N) is 4. The van der Waals surface area contributed by atoms with Crippen molar-refractivity contribution in [2.75, 3.05) is 13.1 Å². The summed E-state index contributed by atoms with van der Waals surface area (Å²) in [6.07, 6.45) is 6.61. The number of likely N-dealkylation sites (tertiary alicyclic amines) is 1. The van der Waals surface area contributed by atoms with Crippen molar-refractivity contribution in [2.24, 2.45) is 0 Å². The molecule has 32 heavy (non-hydrogen) atoms. The number of aromatic nitrogens is 3. The Morgan fingerprint density at radius 3 is 2.59 bits per heavy atom. The van der Waals surface area contributed by atoms with Crippen LogP contribution in [0.4, 0.5) is 0 Å². The van der Waals surface area contributed by atoms with E-state index in [-0.39, 0.29) is 17.7 Å². The maximum Gasteiger partial charge on any atom is 0.255 e. The van der Waals surface area contributed by atoms with E-state index in [1.54, 1.807) is 17.1 Å². The van der Waals surface area contributed by atoms with Crippen LogP contribution in [-0.2, 0) is 6.54 Å². The zero-order valence-electron chi connectivity index (χ0n) is 18.6. The zero-order chi connectivity index (χ0) is 22.5. The highest BCUT2D eigenvalue weighted by Crippen LogP contribution is 2.22. The lowest BCUT2D eigenvalue weighted by atomic mass is 10.0. The van der Waals surface area contributed by atoms with Crippen LogP contribution >= 0.6 is 0 Å². The number of carbonyl (C=O) groups excluding carboxylic acids is 2. The van der Waals surface area contributed by atoms with Crippen molar-refractivity contribution in [3.05, 3.63) is 77.2 Å². The number of benzene rings is 1. The first-order chi connectivity index (χ1) is 15.5. The van der Waals surface area contributed by atoms with Gasteiger partial charge in [-0.1, -0.05) is 32.0 Å². The average Bonchev–Trinajstić information content (AvgIpc) is 3.29. The number of hydrogen-bond donors (Lipinski definition) is 1. The van der Waals surface area contributed by atoms with Crippen LogP contribution in [0.15, 0.2) is 54.9 Å². The van der Waals surface area contributed by atoms with Crippen molar-refractivity contribution in [1.29, 1.82) is 0 Å². The fourth-order valence-corrected chi connectivity index (χ4v) is 4.12. The van der Waals surface area contributed by atoms with Gasteiger partial charge in [-0.15, -0.1) is 0 Å². The van der Waals surface area contributed by atoms with E-state index in [4.69, 9.17) is 0 Å². The average molecular weight is 432 g/mol. The molecule has 1 saturated heterocycles. The number of hydrogen-bond acceptors (Lipinski definition) is 4. The molecule has 0 saturated carbocycles. The van der Waals surface area contributed by atoms with Crippen molar-refractivity contribution >= 4 is 11.8 Å². The summed E-state index contributed by atoms with van der Waals surface area (Å²) < 4.78 is 1.72. The van der Waals surface area contributed by atoms with Crippen molar-refractivity contribution in [1.82, 2.24) is 25.0 Å². The molecule has 0 spiro atoms. The van der Waals surface area contributed by atoms with E-state index >= 15 is 0 Å². The van der Waals surface area contributed by atoms with E-state index in [0.29, 0.717) is 23.5 Å². The topological polar surface area (TPSA) is 80.1 Å². The van der Waals surface area contributed by atoms with Crippen LogP contribution in [-0.4, -0.2) is 44.6 Å². The van der Waals surface area contributed by atoms with Crippen molar-refractivity contribution in [3.63, 3.8) is 0 Å². The van der Waals surface area contributed by atoms with Gasteiger partial charge in [0.2, 0.25) is 0 Å². The summed E-state index contributed by atoms with van der Waals surface area (Å²) in [5, 5.41) is 7.40. The van der Waals surface area contributed by atoms with E-state index in [9.17, 15) is 9.59 Å². The molecular weight excluding hydrogens is 402 g/mol. The predicted octanol–water partition coefficient (Wildman–Crippen LogP) is 3.95. The summed E-state index contributed by atoms with van der Waals surface area (Å²) in [6.45, 7) is 6.04. The lowest BCUT2D eigenvalue weighted by molar-refractivity contribution is 0.0724. The second kappa shape index (κ2) is 9.77. The molecular formula is C25H29N5O2. The minimum atomic E-state index is -0.191. The predicted molar refractivity (Wildman–Crippen MR) is 123 cm³/mol. The van der Waals surface area contributed by atoms with Gasteiger partial charge >= 0.3 is 0 Å². The van der Waals surface area contributed by atoms with Gasteiger partial charge in [-0.05, 0) is 55.0 Å². The third-order valence-corrected chi connectivity index (χ3v) is 5.73. The van der Waals surface area contributed by atoms with Crippen molar-refractivity contribution in [2.45, 2.75) is 45.6 Å². The smallest absolute Gasteiger partial charge is 0.255 e. The van der Waals surface area contributed by atoms with Gasteiger partial charge in [-0.2, -0.15) is 5.10 Å². The van der Waals surface area contributed by atoms with Crippen LogP contribution in [0, 0.1) is 0 Å². The van der Waals surface area contributed by atoms with Gasteiger partial charge < -0.3 is 10.2 Å². The maximum atomic E-state index is 13.0. The molecule has 3 aromatic rings. The summed E-state index contributed by atoms with van der Waals surface area (Å²) in [5.74, 6) is 0.644. The molecule has 2 aromatic heterocycles. The standard InChI is InChI=1S/C25H29N5O2/c1-18(2)23-21(17-28-30(23)22-11-4-5-12-26-22)24(31)27-16-19-9-8-10-20(15-19)25(32)29-13-6-3-7-14-29/h4-5,8-12,15,17-18H,3,6-7,13-14,16H2,1-2H3,(H,27,31). The van der Waals surface area contributed by atoms with Crippen molar-refractivity contribution < 1.29 is 9.59 Å². The van der Waals surface area contributed by atoms with E-state index in [2.05, 4.69) is 15.4 Å². The fourth-order valence-electron chi connectivity index (χ4n) is 4.12. The van der Waals surface area contributed by atoms with Crippen LogP contribution in [0.25, 0.3) is 5.82 Å². The number of nitrogens with one attached hydrogen (secondary N) is 1. The van der Waals surface area contributed by atoms with E-state index in [1.165, 1.54) is 6.42 Å². The Balaban J connectivity index is 1.47. The van der Waals surface area contributed by atoms with E-state index in [0.717, 1.165) is 37.2 Å². The molecule has 4 rings (SSSR count). The highest BCUT2D eigenvalue weighted by Gasteiger charge is 2.22. The maximum absolute atomic E-state index is 13.0. The molecule has 0 aliphatic carbocycles. The molecule has 166 valence electrons. The quantitative estimate of drug-likeness (QED) is 0.641. The Bertz CT molecular complexity index is 1080. The normalized spacial score (nSPS) is 13.9. The number of amides is 2. The monoisotopic (exact) mass is 431 g/mol. The molecule has 0 bridgehead atoms. The summed E-state index contributed by atoms with van der Waals surface area (Å²) in [6, 6.07) is 13.1. The number of rotatable bonds is 6. The van der Waals surface area contributed by atoms with E-state index < -0.39 is 0 Å². The molecule has 3 heterocycles. The third-order valence-electron chi connectivity index (χ3n) is 5.73. The van der Waals surface area contributed by atoms with Crippen LogP contribution < -0.4 is 5.32 Å². The minimum Gasteiger partial charge on any atom is -0.348 e. The molecule has 0 atom stereocenters. The summed E-state index contributed by atoms with van der Waals surface area (Å²) in [7, 11) is 0. The Morgan fingerprint density at radius 2 is 1.88 bits per heavy atom. The third kappa shape index (κ3) is 4.72. The molecule has 2 amide bonds. The molecule has 1 aromatic carbocycles. The molecule has 0 radical (unpaired) electrons. The lowest BCUT2D eigenvalue weighted by Crippen LogP contribution is -2.35. The summed E-state index contributed by atoms with van der Waals surface area (Å²) in [4.78, 5) is 32.1. The van der Waals surface area contributed by atoms with Crippen LogP contribution in [0.2, 0.25) is 0 Å². The molecule has 1 N–H and O–H groups in total. The fraction of sp³-hybridized carbons (Fsp3) is 0.360. The van der Waals surface area contributed by atoms with E-state index in [1.807, 2.05) is 61.2 Å². The summed E-state index contributed by atoms with van der Waals surface area (Å²) >= 11 is 0. The van der Waals surface area contributed by atoms with Gasteiger partial charge in [-0.25, -0.2) is 9.67 Å². The summed E-state index contributed by atoms with van der Waals surface area (Å²) in [5.41, 5.74) is 2.91. The Hall–Kier alpha value is -3.48. The second-order valence-corrected chi connectivity index (χ2v) is 8.43. The Labute approximate surface area is 188 Å². The second-order valence-electron chi connectivity index (χ2n) is 8.43. The number of pyridine rings is 1. The van der Waals surface area contributed by atoms with Gasteiger partial charge in [0.25, 0.3) is 11.8 Å². The molecule has 0 unspecified atom stereocenters. The molecule has 1 aliphatic heterocycles. The number of carbonyl (C=O) groups is 2. The van der Waals surface area contributed by atoms with Gasteiger partial charge in [0.1, 0.15) is 0 Å². The van der Waals surface area contributed by atoms with Gasteiger partial charge in [-0.3, -0.25) is 9.59 Å². The molecule has 1 fully saturated rings. The van der Waals surface area contributed by atoms with Crippen LogP contribution in [0.1, 0.15) is 71.0 Å². The van der Waals surface area contributed by atoms with Crippen LogP contribution in [0.5, 0.6) is 0 Å². The first-order valence-corrected chi connectivity index (χ1v) is 11.2. The van der Waals surface area contributed by atoms with Gasteiger partial charge in [0, 0.05) is 31.4 Å². The SMILES string of the molecule is CC(C)c1c(C(=O)NCc2cccc(C(=O)N3CCCCC3)c2)cnn1-c1ccccn1. The van der Waals surface area contributed by atoms with Crippen LogP contribution in [0.3, 0.4) is 0 Å². The number of piperidine rings is 1. The van der Waals surface area contributed by atoms with Gasteiger partial charge in [0.05, 0.1) is 17.5 Å². The molecule has 7 heteroatoms. The molecule has 7 nitrogen and oxygen atoms in total. The Morgan fingerprint density at radius 1 is 1.06 bits per heavy atom. The highest BCUT2D eigenvalue weighted by molar-refractivity contribution is 5.96. The first kappa shape index (κ1) is 21.7. The van der Waals surface area contributed by atoms with Crippen molar-refractivity contribution in [3.8, 4) is 5.82 Å². The largest absolute Gasteiger partial charge is 0.348 e.